The Morgan fingerprint density at radius 1 is 1.32 bits per heavy atom. The number of nitrogens with one attached hydrogen (secondary N) is 1. The molecule has 1 atom stereocenters. The maximum absolute atomic E-state index is 12.3. The van der Waals surface area contributed by atoms with Crippen LogP contribution in [0.3, 0.4) is 0 Å². The lowest BCUT2D eigenvalue weighted by atomic mass is 9.81. The number of carbonyl (C=O) groups is 1. The number of benzene rings is 1. The van der Waals surface area contributed by atoms with Crippen molar-refractivity contribution in [3.63, 3.8) is 0 Å². The van der Waals surface area contributed by atoms with Crippen molar-refractivity contribution in [2.75, 3.05) is 5.32 Å². The molecule has 19 heavy (non-hydrogen) atoms. The number of rotatable bonds is 2. The van der Waals surface area contributed by atoms with Crippen LogP contribution < -0.4 is 5.32 Å². The topological polar surface area (TPSA) is 29.1 Å². The van der Waals surface area contributed by atoms with E-state index in [2.05, 4.69) is 21.2 Å². The minimum Gasteiger partial charge on any atom is -0.324 e. The minimum atomic E-state index is -0.561. The Balaban J connectivity index is 1.88. The van der Waals surface area contributed by atoms with E-state index in [0.29, 0.717) is 10.9 Å². The zero-order valence-corrected chi connectivity index (χ0v) is 13.1. The van der Waals surface area contributed by atoms with E-state index < -0.39 is 4.32 Å². The van der Waals surface area contributed by atoms with Gasteiger partial charge >= 0.3 is 0 Å². The molecule has 1 fully saturated rings. The van der Waals surface area contributed by atoms with Crippen molar-refractivity contribution in [3.05, 3.63) is 28.8 Å². The first-order valence-electron chi connectivity index (χ1n) is 6.90. The summed E-state index contributed by atoms with van der Waals surface area (Å²) >= 11 is 9.70. The van der Waals surface area contributed by atoms with E-state index in [1.54, 1.807) is 0 Å². The van der Waals surface area contributed by atoms with Crippen LogP contribution in [0.2, 0.25) is 5.02 Å². The molecule has 1 aliphatic carbocycles. The SMILES string of the molecule is O=C1Nc2cc(Cl)ccc2C1(Br)CC1CCCCC1. The van der Waals surface area contributed by atoms with E-state index in [1.807, 2.05) is 18.2 Å². The van der Waals surface area contributed by atoms with Crippen molar-refractivity contribution in [2.24, 2.45) is 5.92 Å². The smallest absolute Gasteiger partial charge is 0.245 e. The van der Waals surface area contributed by atoms with Gasteiger partial charge in [0.2, 0.25) is 5.91 Å². The standard InChI is InChI=1S/C15H17BrClNO/c16-15(9-10-4-2-1-3-5-10)12-7-6-11(17)8-13(12)18-14(15)19/h6-8,10H,1-5,9H2,(H,18,19). The number of hydrogen-bond donors (Lipinski definition) is 1. The van der Waals surface area contributed by atoms with Gasteiger partial charge in [-0.1, -0.05) is 65.7 Å². The van der Waals surface area contributed by atoms with E-state index >= 15 is 0 Å². The quantitative estimate of drug-likeness (QED) is 0.765. The highest BCUT2D eigenvalue weighted by atomic mass is 79.9. The average molecular weight is 343 g/mol. The van der Waals surface area contributed by atoms with Crippen molar-refractivity contribution in [1.29, 1.82) is 0 Å². The van der Waals surface area contributed by atoms with Gasteiger partial charge in [0, 0.05) is 16.3 Å². The van der Waals surface area contributed by atoms with Crippen LogP contribution in [-0.2, 0) is 9.12 Å². The molecule has 1 amide bonds. The van der Waals surface area contributed by atoms with Crippen LogP contribution in [0, 0.1) is 5.92 Å². The Hall–Kier alpha value is -0.540. The van der Waals surface area contributed by atoms with Gasteiger partial charge in [0.25, 0.3) is 0 Å². The maximum atomic E-state index is 12.3. The molecule has 4 heteroatoms. The third kappa shape index (κ3) is 2.43. The molecule has 1 heterocycles. The second-order valence-corrected chi connectivity index (χ2v) is 7.44. The summed E-state index contributed by atoms with van der Waals surface area (Å²) < 4.78 is -0.561. The number of anilines is 1. The Kier molecular flexibility index (Phi) is 3.61. The van der Waals surface area contributed by atoms with Crippen molar-refractivity contribution in [2.45, 2.75) is 42.8 Å². The Morgan fingerprint density at radius 2 is 2.05 bits per heavy atom. The molecule has 2 nitrogen and oxygen atoms in total. The normalized spacial score (nSPS) is 27.2. The molecule has 0 spiro atoms. The molecule has 1 aromatic carbocycles. The molecule has 0 bridgehead atoms. The monoisotopic (exact) mass is 341 g/mol. The first-order valence-corrected chi connectivity index (χ1v) is 8.07. The highest BCUT2D eigenvalue weighted by Crippen LogP contribution is 2.49. The number of amides is 1. The van der Waals surface area contributed by atoms with Gasteiger partial charge in [0.05, 0.1) is 0 Å². The molecule has 0 saturated heterocycles. The van der Waals surface area contributed by atoms with Crippen molar-refractivity contribution < 1.29 is 4.79 Å². The van der Waals surface area contributed by atoms with E-state index in [-0.39, 0.29) is 5.91 Å². The van der Waals surface area contributed by atoms with Gasteiger partial charge in [-0.2, -0.15) is 0 Å². The van der Waals surface area contributed by atoms with Gasteiger partial charge in [0.1, 0.15) is 4.32 Å². The fourth-order valence-electron chi connectivity index (χ4n) is 3.30. The third-order valence-electron chi connectivity index (χ3n) is 4.31. The molecular formula is C15H17BrClNO. The Bertz CT molecular complexity index is 513. The molecule has 102 valence electrons. The highest BCUT2D eigenvalue weighted by Gasteiger charge is 2.46. The lowest BCUT2D eigenvalue weighted by Crippen LogP contribution is -2.31. The predicted octanol–water partition coefficient (Wildman–Crippen LogP) is 4.85. The van der Waals surface area contributed by atoms with Crippen LogP contribution >= 0.6 is 27.5 Å². The van der Waals surface area contributed by atoms with Crippen LogP contribution in [0.5, 0.6) is 0 Å². The minimum absolute atomic E-state index is 0.0512. The van der Waals surface area contributed by atoms with Crippen LogP contribution in [0.15, 0.2) is 18.2 Å². The van der Waals surface area contributed by atoms with Crippen LogP contribution in [-0.4, -0.2) is 5.91 Å². The van der Waals surface area contributed by atoms with Crippen LogP contribution in [0.1, 0.15) is 44.1 Å². The highest BCUT2D eigenvalue weighted by molar-refractivity contribution is 9.10. The first-order chi connectivity index (χ1) is 9.09. The second-order valence-electron chi connectivity index (χ2n) is 5.65. The summed E-state index contributed by atoms with van der Waals surface area (Å²) in [5.41, 5.74) is 1.89. The van der Waals surface area contributed by atoms with Gasteiger partial charge in [-0.3, -0.25) is 4.79 Å². The van der Waals surface area contributed by atoms with Crippen molar-refractivity contribution in [1.82, 2.24) is 0 Å². The van der Waals surface area contributed by atoms with Gasteiger partial charge in [-0.25, -0.2) is 0 Å². The third-order valence-corrected chi connectivity index (χ3v) is 5.66. The van der Waals surface area contributed by atoms with Gasteiger partial charge in [-0.05, 0) is 24.5 Å². The fourth-order valence-corrected chi connectivity index (χ4v) is 4.38. The Morgan fingerprint density at radius 3 is 2.79 bits per heavy atom. The summed E-state index contributed by atoms with van der Waals surface area (Å²) in [5, 5.41) is 3.61. The first kappa shape index (κ1) is 13.4. The number of alkyl halides is 1. The van der Waals surface area contributed by atoms with E-state index in [0.717, 1.165) is 17.7 Å². The van der Waals surface area contributed by atoms with Crippen LogP contribution in [0.25, 0.3) is 0 Å². The molecule has 1 saturated carbocycles. The van der Waals surface area contributed by atoms with Crippen LogP contribution in [0.4, 0.5) is 5.69 Å². The lowest BCUT2D eigenvalue weighted by molar-refractivity contribution is -0.118. The number of halogens is 2. The lowest BCUT2D eigenvalue weighted by Gasteiger charge is -2.29. The zero-order valence-electron chi connectivity index (χ0n) is 10.7. The summed E-state index contributed by atoms with van der Waals surface area (Å²) in [7, 11) is 0. The number of fused-ring (bicyclic) bond motifs is 1. The summed E-state index contributed by atoms with van der Waals surface area (Å²) in [6.07, 6.45) is 7.29. The van der Waals surface area contributed by atoms with Crippen molar-refractivity contribution >= 4 is 39.1 Å². The molecule has 0 radical (unpaired) electrons. The molecule has 1 unspecified atom stereocenters. The second kappa shape index (κ2) is 5.10. The summed E-state index contributed by atoms with van der Waals surface area (Å²) in [6.45, 7) is 0. The molecular weight excluding hydrogens is 326 g/mol. The summed E-state index contributed by atoms with van der Waals surface area (Å²) in [5.74, 6) is 0.691. The van der Waals surface area contributed by atoms with E-state index in [1.165, 1.54) is 32.1 Å². The Labute approximate surface area is 127 Å². The maximum Gasteiger partial charge on any atom is 0.245 e. The van der Waals surface area contributed by atoms with E-state index in [9.17, 15) is 4.79 Å². The number of carbonyl (C=O) groups excluding carboxylic acids is 1. The number of hydrogen-bond acceptors (Lipinski definition) is 1. The summed E-state index contributed by atoms with van der Waals surface area (Å²) in [4.78, 5) is 12.3. The molecule has 1 aliphatic heterocycles. The van der Waals surface area contributed by atoms with Gasteiger partial charge in [0.15, 0.2) is 0 Å². The molecule has 1 N–H and O–H groups in total. The largest absolute Gasteiger partial charge is 0.324 e. The van der Waals surface area contributed by atoms with E-state index in [4.69, 9.17) is 11.6 Å². The van der Waals surface area contributed by atoms with Crippen molar-refractivity contribution in [3.8, 4) is 0 Å². The molecule has 2 aliphatic rings. The molecule has 1 aromatic rings. The van der Waals surface area contributed by atoms with Gasteiger partial charge in [-0.15, -0.1) is 0 Å². The molecule has 3 rings (SSSR count). The average Bonchev–Trinajstić information content (AvgIpc) is 2.62. The summed E-state index contributed by atoms with van der Waals surface area (Å²) in [6, 6.07) is 5.66. The van der Waals surface area contributed by atoms with Gasteiger partial charge < -0.3 is 5.32 Å². The fraction of sp³-hybridized carbons (Fsp3) is 0.533. The zero-order chi connectivity index (χ0) is 13.5. The predicted molar refractivity (Wildman–Crippen MR) is 81.9 cm³/mol. The molecule has 0 aromatic heterocycles.